The highest BCUT2D eigenvalue weighted by Crippen LogP contribution is 2.47. The zero-order valence-electron chi connectivity index (χ0n) is 48.7. The Balaban J connectivity index is 0.730. The van der Waals surface area contributed by atoms with Crippen LogP contribution in [0.1, 0.15) is 0 Å². The molecule has 6 nitrogen and oxygen atoms in total. The number of hydrogen-bond donors (Lipinski definition) is 0. The Morgan fingerprint density at radius 3 is 0.922 bits per heavy atom. The Morgan fingerprint density at radius 1 is 0.200 bits per heavy atom. The van der Waals surface area contributed by atoms with Crippen LogP contribution < -0.4 is 0 Å². The van der Waals surface area contributed by atoms with Crippen molar-refractivity contribution in [1.82, 2.24) is 28.2 Å². The average molecular weight is 1150 g/mol. The third-order valence-corrected chi connectivity index (χ3v) is 18.8. The van der Waals surface area contributed by atoms with E-state index in [1.807, 2.05) is 0 Å². The topological polar surface area (TPSA) is 45.5 Å². The first-order chi connectivity index (χ1) is 44.7. The molecule has 418 valence electrons. The van der Waals surface area contributed by atoms with Crippen molar-refractivity contribution in [2.24, 2.45) is 0 Å². The molecule has 0 radical (unpaired) electrons. The van der Waals surface area contributed by atoms with Crippen LogP contribution in [0.5, 0.6) is 0 Å². The lowest BCUT2D eigenvalue weighted by molar-refractivity contribution is 1.17. The molecule has 0 aliphatic heterocycles. The number of aromatic nitrogens is 6. The van der Waals surface area contributed by atoms with E-state index >= 15 is 0 Å². The van der Waals surface area contributed by atoms with Crippen LogP contribution in [0.3, 0.4) is 0 Å². The summed E-state index contributed by atoms with van der Waals surface area (Å²) in [6, 6.07) is 115. The standard InChI is InChI=1S/C84H52N6/c1-3-22-56(23-4-1)87-70-35-13-9-27-65(70)78-61(31-17-39-74(78)87)63-33-19-41-76-80(63)67-29-11-15-37-72(67)89(76)58-48-43-54(44-49-58)82-69-52-47-53-21-7-8-26-60(53)83(69)86-84(85-82)55-45-50-59(51-46-55)90-73-38-16-12-30-68(73)81-64(34-20-42-77(81)90)62-32-18-40-75-79(62)66-28-10-14-36-71(66)88(75)57-24-5-2-6-25-57/h1-52H. The van der Waals surface area contributed by atoms with Crippen molar-refractivity contribution in [1.29, 1.82) is 0 Å². The van der Waals surface area contributed by atoms with Crippen molar-refractivity contribution in [3.05, 3.63) is 315 Å². The van der Waals surface area contributed by atoms with Crippen molar-refractivity contribution < 1.29 is 0 Å². The van der Waals surface area contributed by atoms with E-state index < -0.39 is 0 Å². The van der Waals surface area contributed by atoms with Crippen molar-refractivity contribution in [2.75, 3.05) is 0 Å². The van der Waals surface area contributed by atoms with Crippen LogP contribution in [0.4, 0.5) is 0 Å². The predicted octanol–water partition coefficient (Wildman–Crippen LogP) is 21.8. The zero-order valence-corrected chi connectivity index (χ0v) is 48.7. The quantitative estimate of drug-likeness (QED) is 0.142. The van der Waals surface area contributed by atoms with Gasteiger partial charge >= 0.3 is 0 Å². The SMILES string of the molecule is c1ccc(-n2c3ccccc3c3c(-c4cccc5c4c4ccccc4n5-c4ccc(-c5nc(-c6ccc(-n7c8ccccc8c8c(-c9cccc%10c9c9ccccc9n%10-c9ccccc9)cccc87)cc6)c6ccc7ccccc7c6n5)cc4)cccc32)cc1. The van der Waals surface area contributed by atoms with E-state index in [-0.39, 0.29) is 0 Å². The molecule has 0 fully saturated rings. The number of fused-ring (bicyclic) bond motifs is 15. The summed E-state index contributed by atoms with van der Waals surface area (Å²) in [6.07, 6.45) is 0. The lowest BCUT2D eigenvalue weighted by Crippen LogP contribution is -1.98. The molecule has 19 rings (SSSR count). The van der Waals surface area contributed by atoms with Gasteiger partial charge in [0.15, 0.2) is 5.82 Å². The lowest BCUT2D eigenvalue weighted by atomic mass is 9.95. The van der Waals surface area contributed by atoms with Gasteiger partial charge in [0.05, 0.1) is 55.3 Å². The van der Waals surface area contributed by atoms with Gasteiger partial charge in [0.2, 0.25) is 0 Å². The second kappa shape index (κ2) is 19.7. The minimum absolute atomic E-state index is 0.675. The molecule has 0 aliphatic carbocycles. The molecule has 0 saturated heterocycles. The van der Waals surface area contributed by atoms with Gasteiger partial charge in [-0.05, 0) is 143 Å². The van der Waals surface area contributed by atoms with Crippen LogP contribution in [0, 0.1) is 0 Å². The lowest BCUT2D eigenvalue weighted by Gasteiger charge is -2.14. The molecule has 0 bridgehead atoms. The van der Waals surface area contributed by atoms with Gasteiger partial charge in [0, 0.05) is 87.7 Å². The smallest absolute Gasteiger partial charge is 0.160 e. The number of para-hydroxylation sites is 6. The first kappa shape index (κ1) is 50.1. The summed E-state index contributed by atoms with van der Waals surface area (Å²) >= 11 is 0. The Kier molecular flexibility index (Phi) is 11.0. The molecular formula is C84H52N6. The van der Waals surface area contributed by atoms with Crippen LogP contribution in [0.25, 0.3) is 177 Å². The van der Waals surface area contributed by atoms with Gasteiger partial charge in [0.1, 0.15) is 0 Å². The highest BCUT2D eigenvalue weighted by Gasteiger charge is 2.24. The van der Waals surface area contributed by atoms with E-state index in [9.17, 15) is 0 Å². The third kappa shape index (κ3) is 7.39. The second-order valence-corrected chi connectivity index (χ2v) is 23.6. The Labute approximate surface area is 517 Å². The highest BCUT2D eigenvalue weighted by atomic mass is 15.0. The van der Waals surface area contributed by atoms with Crippen molar-refractivity contribution in [2.45, 2.75) is 0 Å². The first-order valence-electron chi connectivity index (χ1n) is 30.8. The van der Waals surface area contributed by atoms with Crippen LogP contribution in [-0.4, -0.2) is 28.2 Å². The summed E-state index contributed by atoms with van der Waals surface area (Å²) in [7, 11) is 0. The maximum atomic E-state index is 5.53. The molecule has 0 amide bonds. The van der Waals surface area contributed by atoms with Crippen LogP contribution in [0.2, 0.25) is 0 Å². The monoisotopic (exact) mass is 1140 g/mol. The van der Waals surface area contributed by atoms with E-state index in [1.54, 1.807) is 0 Å². The summed E-state index contributed by atoms with van der Waals surface area (Å²) in [4.78, 5) is 11.0. The number of hydrogen-bond acceptors (Lipinski definition) is 2. The molecule has 5 aromatic heterocycles. The van der Waals surface area contributed by atoms with Crippen LogP contribution in [-0.2, 0) is 0 Å². The van der Waals surface area contributed by atoms with Crippen molar-refractivity contribution in [3.8, 4) is 67.6 Å². The molecule has 0 N–H and O–H groups in total. The van der Waals surface area contributed by atoms with E-state index in [2.05, 4.69) is 334 Å². The molecule has 14 aromatic carbocycles. The predicted molar refractivity (Wildman–Crippen MR) is 376 cm³/mol. The van der Waals surface area contributed by atoms with Gasteiger partial charge in [0.25, 0.3) is 0 Å². The van der Waals surface area contributed by atoms with E-state index in [0.29, 0.717) is 5.82 Å². The molecule has 0 spiro atoms. The molecule has 0 atom stereocenters. The van der Waals surface area contributed by atoms with Crippen molar-refractivity contribution in [3.63, 3.8) is 0 Å². The maximum absolute atomic E-state index is 5.53. The van der Waals surface area contributed by atoms with Gasteiger partial charge in [-0.1, -0.05) is 200 Å². The molecule has 0 saturated carbocycles. The number of nitrogens with zero attached hydrogens (tertiary/aromatic N) is 6. The fraction of sp³-hybridized carbons (Fsp3) is 0. The van der Waals surface area contributed by atoms with Crippen LogP contribution >= 0.6 is 0 Å². The first-order valence-corrected chi connectivity index (χ1v) is 30.8. The Bertz CT molecular complexity index is 6120. The summed E-state index contributed by atoms with van der Waals surface area (Å²) in [5.74, 6) is 0.675. The number of benzene rings is 14. The minimum atomic E-state index is 0.675. The maximum Gasteiger partial charge on any atom is 0.160 e. The molecule has 5 heterocycles. The molecular weight excluding hydrogens is 1090 g/mol. The van der Waals surface area contributed by atoms with E-state index in [0.717, 1.165) is 83.3 Å². The molecule has 6 heteroatoms. The van der Waals surface area contributed by atoms with E-state index in [4.69, 9.17) is 9.97 Å². The summed E-state index contributed by atoms with van der Waals surface area (Å²) < 4.78 is 9.64. The Morgan fingerprint density at radius 2 is 0.522 bits per heavy atom. The summed E-state index contributed by atoms with van der Waals surface area (Å²) in [5.41, 5.74) is 22.4. The van der Waals surface area contributed by atoms with Crippen molar-refractivity contribution >= 4 is 109 Å². The largest absolute Gasteiger partial charge is 0.309 e. The zero-order chi connectivity index (χ0) is 59.0. The summed E-state index contributed by atoms with van der Waals surface area (Å²) in [6.45, 7) is 0. The average Bonchev–Trinajstić information content (AvgIpc) is 1.61. The van der Waals surface area contributed by atoms with E-state index in [1.165, 1.54) is 87.4 Å². The van der Waals surface area contributed by atoms with Gasteiger partial charge in [-0.2, -0.15) is 0 Å². The minimum Gasteiger partial charge on any atom is -0.309 e. The van der Waals surface area contributed by atoms with Gasteiger partial charge in [-0.25, -0.2) is 9.97 Å². The molecule has 19 aromatic rings. The van der Waals surface area contributed by atoms with Gasteiger partial charge < -0.3 is 18.3 Å². The fourth-order valence-corrected chi connectivity index (χ4v) is 15.0. The molecule has 0 aliphatic rings. The second-order valence-electron chi connectivity index (χ2n) is 23.6. The van der Waals surface area contributed by atoms with Gasteiger partial charge in [-0.3, -0.25) is 0 Å². The fourth-order valence-electron chi connectivity index (χ4n) is 15.0. The third-order valence-electron chi connectivity index (χ3n) is 18.8. The van der Waals surface area contributed by atoms with Crippen LogP contribution in [0.15, 0.2) is 315 Å². The van der Waals surface area contributed by atoms with Gasteiger partial charge in [-0.15, -0.1) is 0 Å². The molecule has 90 heavy (non-hydrogen) atoms. The highest BCUT2D eigenvalue weighted by molar-refractivity contribution is 6.24. The number of rotatable bonds is 8. The summed E-state index contributed by atoms with van der Waals surface area (Å²) in [5, 5.41) is 13.1. The molecule has 0 unspecified atom stereocenters. The Hall–Kier alpha value is -12.1. The normalized spacial score (nSPS) is 12.0.